The molecule has 0 aliphatic carbocycles. The summed E-state index contributed by atoms with van der Waals surface area (Å²) in [5.41, 5.74) is 0.113. The average molecular weight is 256 g/mol. The minimum atomic E-state index is -0.489. The number of nitrogens with one attached hydrogen (secondary N) is 1. The summed E-state index contributed by atoms with van der Waals surface area (Å²) in [4.78, 5) is 13.2. The Morgan fingerprint density at radius 2 is 1.94 bits per heavy atom. The van der Waals surface area contributed by atoms with E-state index in [9.17, 15) is 0 Å². The molecule has 4 nitrogen and oxygen atoms in total. The van der Waals surface area contributed by atoms with Crippen molar-refractivity contribution >= 4 is 0 Å². The summed E-state index contributed by atoms with van der Waals surface area (Å²) in [5.74, 6) is -0.489. The van der Waals surface area contributed by atoms with E-state index in [0.717, 1.165) is 13.0 Å². The summed E-state index contributed by atoms with van der Waals surface area (Å²) < 4.78 is 0. The average Bonchev–Trinajstić information content (AvgIpc) is 3.04. The Bertz CT molecular complexity index is 288. The van der Waals surface area contributed by atoms with Crippen LogP contribution in [0.5, 0.6) is 0 Å². The maximum atomic E-state index is 5.41. The number of nitrogens with zero attached hydrogens (tertiary/aromatic N) is 1. The number of hydrogen-bond acceptors (Lipinski definition) is 4. The third-order valence-corrected chi connectivity index (χ3v) is 3.95. The standard InChI is InChI=1S/C14H28N2O2/c1-6-7-8-9-12-14(17-18-14)16(11(2)3)10-13(4,5)15-12/h11-12,15H,6-10H2,1-5H3. The molecule has 0 aromatic rings. The van der Waals surface area contributed by atoms with E-state index >= 15 is 0 Å². The molecule has 2 saturated heterocycles. The van der Waals surface area contributed by atoms with Gasteiger partial charge >= 0.3 is 5.91 Å². The summed E-state index contributed by atoms with van der Waals surface area (Å²) in [6.07, 6.45) is 4.86. The van der Waals surface area contributed by atoms with Gasteiger partial charge in [0.15, 0.2) is 0 Å². The Balaban J connectivity index is 2.06. The van der Waals surface area contributed by atoms with Crippen molar-refractivity contribution in [1.82, 2.24) is 10.2 Å². The second kappa shape index (κ2) is 5.08. The van der Waals surface area contributed by atoms with Crippen LogP contribution in [-0.2, 0) is 9.78 Å². The first kappa shape index (κ1) is 14.3. The van der Waals surface area contributed by atoms with Crippen LogP contribution in [0.15, 0.2) is 0 Å². The largest absolute Gasteiger partial charge is 0.305 e. The SMILES string of the molecule is CCCCCC1NC(C)(C)CN(C(C)C)C12OO2. The van der Waals surface area contributed by atoms with Crippen LogP contribution >= 0.6 is 0 Å². The molecular weight excluding hydrogens is 228 g/mol. The predicted octanol–water partition coefficient (Wildman–Crippen LogP) is 2.64. The minimum Gasteiger partial charge on any atom is -0.301 e. The van der Waals surface area contributed by atoms with Gasteiger partial charge in [-0.15, -0.1) is 0 Å². The Kier molecular flexibility index (Phi) is 4.02. The molecule has 2 fully saturated rings. The van der Waals surface area contributed by atoms with Crippen LogP contribution < -0.4 is 5.32 Å². The van der Waals surface area contributed by atoms with E-state index in [1.54, 1.807) is 0 Å². The normalized spacial score (nSPS) is 30.0. The highest BCUT2D eigenvalue weighted by molar-refractivity contribution is 5.02. The van der Waals surface area contributed by atoms with Crippen molar-refractivity contribution in [3.05, 3.63) is 0 Å². The summed E-state index contributed by atoms with van der Waals surface area (Å²) in [5, 5.41) is 3.70. The molecule has 0 aromatic heterocycles. The molecule has 2 aliphatic heterocycles. The first-order valence-electron chi connectivity index (χ1n) is 7.32. The first-order valence-corrected chi connectivity index (χ1v) is 7.32. The van der Waals surface area contributed by atoms with Crippen LogP contribution in [0.1, 0.15) is 60.3 Å². The van der Waals surface area contributed by atoms with Gasteiger partial charge in [-0.25, -0.2) is 4.90 Å². The Morgan fingerprint density at radius 3 is 2.44 bits per heavy atom. The highest BCUT2D eigenvalue weighted by Crippen LogP contribution is 2.44. The third-order valence-electron chi connectivity index (χ3n) is 3.95. The van der Waals surface area contributed by atoms with Gasteiger partial charge in [-0.2, -0.15) is 9.78 Å². The van der Waals surface area contributed by atoms with E-state index in [1.807, 2.05) is 0 Å². The zero-order valence-electron chi connectivity index (χ0n) is 12.5. The maximum Gasteiger partial charge on any atom is 0.305 e. The van der Waals surface area contributed by atoms with Crippen molar-refractivity contribution in [3.8, 4) is 0 Å². The molecule has 0 radical (unpaired) electrons. The van der Waals surface area contributed by atoms with Crippen molar-refractivity contribution in [2.24, 2.45) is 0 Å². The van der Waals surface area contributed by atoms with Crippen LogP contribution in [0, 0.1) is 0 Å². The lowest BCUT2D eigenvalue weighted by Gasteiger charge is -2.47. The fourth-order valence-corrected chi connectivity index (χ4v) is 2.99. The van der Waals surface area contributed by atoms with Crippen molar-refractivity contribution in [2.75, 3.05) is 6.54 Å². The molecule has 1 atom stereocenters. The van der Waals surface area contributed by atoms with Crippen molar-refractivity contribution in [3.63, 3.8) is 0 Å². The fraction of sp³-hybridized carbons (Fsp3) is 1.00. The Labute approximate surface area is 111 Å². The molecule has 106 valence electrons. The van der Waals surface area contributed by atoms with E-state index in [0.29, 0.717) is 6.04 Å². The summed E-state index contributed by atoms with van der Waals surface area (Å²) in [6.45, 7) is 12.1. The van der Waals surface area contributed by atoms with Crippen molar-refractivity contribution in [1.29, 1.82) is 0 Å². The zero-order chi connectivity index (χ0) is 13.4. The molecule has 0 amide bonds. The number of piperazine rings is 1. The van der Waals surface area contributed by atoms with Crippen molar-refractivity contribution in [2.45, 2.75) is 83.8 Å². The lowest BCUT2D eigenvalue weighted by molar-refractivity contribution is -0.0542. The van der Waals surface area contributed by atoms with Gasteiger partial charge in [0.1, 0.15) is 0 Å². The van der Waals surface area contributed by atoms with E-state index in [2.05, 4.69) is 44.8 Å². The molecule has 1 N–H and O–H groups in total. The maximum absolute atomic E-state index is 5.41. The molecule has 4 heteroatoms. The highest BCUT2D eigenvalue weighted by atomic mass is 17.4. The fourth-order valence-electron chi connectivity index (χ4n) is 2.99. The molecule has 18 heavy (non-hydrogen) atoms. The smallest absolute Gasteiger partial charge is 0.301 e. The van der Waals surface area contributed by atoms with Crippen LogP contribution in [0.25, 0.3) is 0 Å². The number of rotatable bonds is 5. The van der Waals surface area contributed by atoms with Gasteiger partial charge in [0.25, 0.3) is 0 Å². The van der Waals surface area contributed by atoms with Gasteiger partial charge in [-0.05, 0) is 34.1 Å². The number of unbranched alkanes of at least 4 members (excludes halogenated alkanes) is 2. The van der Waals surface area contributed by atoms with Gasteiger partial charge in [-0.3, -0.25) is 0 Å². The number of hydrogen-bond donors (Lipinski definition) is 1. The molecule has 0 bridgehead atoms. The van der Waals surface area contributed by atoms with Crippen molar-refractivity contribution < 1.29 is 9.78 Å². The van der Waals surface area contributed by atoms with Gasteiger partial charge in [0, 0.05) is 18.1 Å². The second-order valence-electron chi connectivity index (χ2n) is 6.60. The van der Waals surface area contributed by atoms with Gasteiger partial charge < -0.3 is 5.32 Å². The molecule has 1 spiro atoms. The van der Waals surface area contributed by atoms with E-state index < -0.39 is 5.91 Å². The molecular formula is C14H28N2O2. The molecule has 0 aromatic carbocycles. The lowest BCUT2D eigenvalue weighted by atomic mass is 9.92. The summed E-state index contributed by atoms with van der Waals surface area (Å²) in [7, 11) is 0. The van der Waals surface area contributed by atoms with Crippen LogP contribution in [0.3, 0.4) is 0 Å². The van der Waals surface area contributed by atoms with Crippen LogP contribution in [-0.4, -0.2) is 35.0 Å². The molecule has 1 unspecified atom stereocenters. The topological polar surface area (TPSA) is 40.3 Å². The second-order valence-corrected chi connectivity index (χ2v) is 6.60. The van der Waals surface area contributed by atoms with Gasteiger partial charge in [0.05, 0.1) is 6.04 Å². The monoisotopic (exact) mass is 256 g/mol. The summed E-state index contributed by atoms with van der Waals surface area (Å²) in [6, 6.07) is 0.706. The zero-order valence-corrected chi connectivity index (χ0v) is 12.5. The van der Waals surface area contributed by atoms with E-state index in [1.165, 1.54) is 19.3 Å². The van der Waals surface area contributed by atoms with E-state index in [-0.39, 0.29) is 11.6 Å². The van der Waals surface area contributed by atoms with Crippen LogP contribution in [0.4, 0.5) is 0 Å². The highest BCUT2D eigenvalue weighted by Gasteiger charge is 2.64. The molecule has 0 saturated carbocycles. The van der Waals surface area contributed by atoms with E-state index in [4.69, 9.17) is 9.78 Å². The minimum absolute atomic E-state index is 0.113. The molecule has 2 aliphatic rings. The Morgan fingerprint density at radius 1 is 1.28 bits per heavy atom. The van der Waals surface area contributed by atoms with Crippen LogP contribution in [0.2, 0.25) is 0 Å². The summed E-state index contributed by atoms with van der Waals surface area (Å²) >= 11 is 0. The molecule has 2 heterocycles. The Hall–Kier alpha value is -0.160. The third kappa shape index (κ3) is 2.72. The quantitative estimate of drug-likeness (QED) is 0.466. The lowest BCUT2D eigenvalue weighted by Crippen LogP contribution is -2.69. The van der Waals surface area contributed by atoms with Gasteiger partial charge in [0.2, 0.25) is 0 Å². The molecule has 2 rings (SSSR count). The van der Waals surface area contributed by atoms with Gasteiger partial charge in [-0.1, -0.05) is 26.2 Å². The predicted molar refractivity (Wildman–Crippen MR) is 71.9 cm³/mol. The first-order chi connectivity index (χ1) is 8.41.